The topological polar surface area (TPSA) is 23.5 Å². The Morgan fingerprint density at radius 1 is 1.23 bits per heavy atom. The first-order valence-corrected chi connectivity index (χ1v) is 9.11. The highest BCUT2D eigenvalue weighted by Gasteiger charge is 2.24. The summed E-state index contributed by atoms with van der Waals surface area (Å²) < 4.78 is 0. The van der Waals surface area contributed by atoms with Crippen LogP contribution in [-0.2, 0) is 6.54 Å². The molecule has 0 radical (unpaired) electrons. The van der Waals surface area contributed by atoms with Crippen LogP contribution in [0.3, 0.4) is 0 Å². The normalized spacial score (nSPS) is 20.0. The van der Waals surface area contributed by atoms with Crippen LogP contribution in [0.1, 0.15) is 47.0 Å². The van der Waals surface area contributed by atoms with Gasteiger partial charge in [-0.15, -0.1) is 11.3 Å². The largest absolute Gasteiger partial charge is 0.508 e. The molecule has 1 atom stereocenters. The SMILES string of the molecule is Cc1ccc(C2CCCCCN2Cc2cc(Cl)ccc2O)s1. The van der Waals surface area contributed by atoms with Crippen LogP contribution in [0.2, 0.25) is 5.02 Å². The molecule has 2 nitrogen and oxygen atoms in total. The lowest BCUT2D eigenvalue weighted by Crippen LogP contribution is -2.27. The van der Waals surface area contributed by atoms with Crippen LogP contribution in [0.15, 0.2) is 30.3 Å². The van der Waals surface area contributed by atoms with E-state index in [-0.39, 0.29) is 0 Å². The maximum Gasteiger partial charge on any atom is 0.120 e. The zero-order valence-corrected chi connectivity index (χ0v) is 14.5. The molecule has 2 aromatic rings. The average Bonchev–Trinajstić information content (AvgIpc) is 2.78. The molecule has 1 unspecified atom stereocenters. The minimum Gasteiger partial charge on any atom is -0.508 e. The Balaban J connectivity index is 1.85. The molecule has 1 fully saturated rings. The number of thiophene rings is 1. The third kappa shape index (κ3) is 3.65. The number of aromatic hydroxyl groups is 1. The van der Waals surface area contributed by atoms with Crippen LogP contribution >= 0.6 is 22.9 Å². The molecule has 0 spiro atoms. The maximum atomic E-state index is 10.1. The summed E-state index contributed by atoms with van der Waals surface area (Å²) in [5, 5.41) is 10.8. The fraction of sp³-hybridized carbons (Fsp3) is 0.444. The first-order chi connectivity index (χ1) is 10.6. The van der Waals surface area contributed by atoms with E-state index in [2.05, 4.69) is 24.0 Å². The number of benzene rings is 1. The van der Waals surface area contributed by atoms with Crippen molar-refractivity contribution in [1.29, 1.82) is 0 Å². The first-order valence-electron chi connectivity index (χ1n) is 7.91. The molecule has 1 aromatic heterocycles. The number of phenolic OH excluding ortho intramolecular Hbond substituents is 1. The Bertz CT molecular complexity index is 640. The van der Waals surface area contributed by atoms with Crippen LogP contribution in [0, 0.1) is 6.92 Å². The second-order valence-electron chi connectivity index (χ2n) is 6.06. The minimum atomic E-state index is 0.342. The molecule has 0 bridgehead atoms. The summed E-state index contributed by atoms with van der Waals surface area (Å²) in [6.07, 6.45) is 4.99. The summed E-state index contributed by atoms with van der Waals surface area (Å²) in [6.45, 7) is 4.00. The number of aryl methyl sites for hydroxylation is 1. The Hall–Kier alpha value is -1.03. The van der Waals surface area contributed by atoms with Crippen molar-refractivity contribution in [2.75, 3.05) is 6.54 Å². The molecular weight excluding hydrogens is 314 g/mol. The smallest absolute Gasteiger partial charge is 0.120 e. The van der Waals surface area contributed by atoms with Crippen LogP contribution < -0.4 is 0 Å². The number of hydrogen-bond acceptors (Lipinski definition) is 3. The second kappa shape index (κ2) is 7.03. The lowest BCUT2D eigenvalue weighted by molar-refractivity contribution is 0.193. The zero-order valence-electron chi connectivity index (χ0n) is 12.9. The highest BCUT2D eigenvalue weighted by Crippen LogP contribution is 2.36. The minimum absolute atomic E-state index is 0.342. The van der Waals surface area contributed by atoms with E-state index in [1.165, 1.54) is 35.4 Å². The van der Waals surface area contributed by atoms with Gasteiger partial charge in [0.2, 0.25) is 0 Å². The molecule has 4 heteroatoms. The molecule has 1 aliphatic rings. The van der Waals surface area contributed by atoms with Gasteiger partial charge in [-0.3, -0.25) is 4.90 Å². The monoisotopic (exact) mass is 335 g/mol. The molecule has 1 aromatic carbocycles. The van der Waals surface area contributed by atoms with Crippen molar-refractivity contribution in [3.05, 3.63) is 50.7 Å². The van der Waals surface area contributed by atoms with Crippen molar-refractivity contribution in [2.45, 2.75) is 45.2 Å². The van der Waals surface area contributed by atoms with E-state index in [0.29, 0.717) is 16.8 Å². The average molecular weight is 336 g/mol. The van der Waals surface area contributed by atoms with Gasteiger partial charge in [0, 0.05) is 32.9 Å². The van der Waals surface area contributed by atoms with Gasteiger partial charge in [0.15, 0.2) is 0 Å². The van der Waals surface area contributed by atoms with Crippen LogP contribution in [0.5, 0.6) is 5.75 Å². The molecule has 0 amide bonds. The van der Waals surface area contributed by atoms with E-state index in [0.717, 1.165) is 18.7 Å². The molecule has 1 saturated heterocycles. The van der Waals surface area contributed by atoms with Crippen molar-refractivity contribution in [3.8, 4) is 5.75 Å². The summed E-state index contributed by atoms with van der Waals surface area (Å²) >= 11 is 7.99. The van der Waals surface area contributed by atoms with Gasteiger partial charge in [-0.1, -0.05) is 24.4 Å². The molecule has 2 heterocycles. The van der Waals surface area contributed by atoms with Gasteiger partial charge in [0.25, 0.3) is 0 Å². The van der Waals surface area contributed by atoms with E-state index in [1.807, 2.05) is 17.4 Å². The molecular formula is C18H22ClNOS. The number of likely N-dealkylation sites (tertiary alicyclic amines) is 1. The predicted octanol–water partition coefficient (Wildman–Crippen LogP) is 5.53. The Kier molecular flexibility index (Phi) is 5.07. The molecule has 0 aliphatic carbocycles. The standard InChI is InChI=1S/C18H22ClNOS/c1-13-6-9-18(22-13)16-5-3-2-4-10-20(16)12-14-11-15(19)7-8-17(14)21/h6-9,11,16,21H,2-5,10,12H2,1H3. The van der Waals surface area contributed by atoms with E-state index in [4.69, 9.17) is 11.6 Å². The number of nitrogens with zero attached hydrogens (tertiary/aromatic N) is 1. The molecule has 118 valence electrons. The number of halogens is 1. The number of hydrogen-bond donors (Lipinski definition) is 1. The molecule has 1 aliphatic heterocycles. The maximum absolute atomic E-state index is 10.1. The molecule has 0 saturated carbocycles. The van der Waals surface area contributed by atoms with E-state index in [1.54, 1.807) is 12.1 Å². The van der Waals surface area contributed by atoms with Gasteiger partial charge in [-0.25, -0.2) is 0 Å². The van der Waals surface area contributed by atoms with Crippen molar-refractivity contribution in [2.24, 2.45) is 0 Å². The fourth-order valence-corrected chi connectivity index (χ4v) is 4.45. The summed E-state index contributed by atoms with van der Waals surface area (Å²) in [4.78, 5) is 5.31. The third-order valence-electron chi connectivity index (χ3n) is 4.37. The highest BCUT2D eigenvalue weighted by atomic mass is 35.5. The summed E-state index contributed by atoms with van der Waals surface area (Å²) in [7, 11) is 0. The lowest BCUT2D eigenvalue weighted by Gasteiger charge is -2.29. The summed E-state index contributed by atoms with van der Waals surface area (Å²) in [5.41, 5.74) is 0.924. The zero-order chi connectivity index (χ0) is 15.5. The van der Waals surface area contributed by atoms with E-state index < -0.39 is 0 Å². The van der Waals surface area contributed by atoms with E-state index in [9.17, 15) is 5.11 Å². The third-order valence-corrected chi connectivity index (χ3v) is 5.71. The summed E-state index contributed by atoms with van der Waals surface area (Å²) in [6, 6.07) is 10.3. The van der Waals surface area contributed by atoms with Crippen molar-refractivity contribution in [3.63, 3.8) is 0 Å². The van der Waals surface area contributed by atoms with Gasteiger partial charge in [0.05, 0.1) is 0 Å². The van der Waals surface area contributed by atoms with Gasteiger partial charge >= 0.3 is 0 Å². The highest BCUT2D eigenvalue weighted by molar-refractivity contribution is 7.12. The van der Waals surface area contributed by atoms with Crippen LogP contribution in [0.25, 0.3) is 0 Å². The lowest BCUT2D eigenvalue weighted by atomic mass is 10.1. The number of rotatable bonds is 3. The van der Waals surface area contributed by atoms with Gasteiger partial charge in [-0.2, -0.15) is 0 Å². The molecule has 3 rings (SSSR count). The quantitative estimate of drug-likeness (QED) is 0.796. The summed E-state index contributed by atoms with van der Waals surface area (Å²) in [5.74, 6) is 0.342. The second-order valence-corrected chi connectivity index (χ2v) is 7.81. The van der Waals surface area contributed by atoms with Gasteiger partial charge in [-0.05, 0) is 56.6 Å². The Morgan fingerprint density at radius 3 is 2.86 bits per heavy atom. The van der Waals surface area contributed by atoms with E-state index >= 15 is 0 Å². The van der Waals surface area contributed by atoms with Crippen LogP contribution in [0.4, 0.5) is 0 Å². The molecule has 1 N–H and O–H groups in total. The van der Waals surface area contributed by atoms with Crippen molar-refractivity contribution >= 4 is 22.9 Å². The van der Waals surface area contributed by atoms with Crippen molar-refractivity contribution < 1.29 is 5.11 Å². The first kappa shape index (κ1) is 15.9. The van der Waals surface area contributed by atoms with Gasteiger partial charge < -0.3 is 5.11 Å². The predicted molar refractivity (Wildman–Crippen MR) is 93.8 cm³/mol. The molecule has 22 heavy (non-hydrogen) atoms. The fourth-order valence-electron chi connectivity index (χ4n) is 3.21. The van der Waals surface area contributed by atoms with Gasteiger partial charge in [0.1, 0.15) is 5.75 Å². The Labute approximate surface area is 141 Å². The van der Waals surface area contributed by atoms with Crippen LogP contribution in [-0.4, -0.2) is 16.6 Å². The number of phenols is 1. The van der Waals surface area contributed by atoms with Crippen molar-refractivity contribution in [1.82, 2.24) is 4.90 Å². The Morgan fingerprint density at radius 2 is 2.09 bits per heavy atom.